The highest BCUT2D eigenvalue weighted by atomic mass is 19.4. The van der Waals surface area contributed by atoms with Gasteiger partial charge in [-0.2, -0.15) is 13.2 Å². The molecule has 1 atom stereocenters. The van der Waals surface area contributed by atoms with Gasteiger partial charge in [0.15, 0.2) is 0 Å². The summed E-state index contributed by atoms with van der Waals surface area (Å²) in [6, 6.07) is 11.4. The third-order valence-corrected chi connectivity index (χ3v) is 5.63. The summed E-state index contributed by atoms with van der Waals surface area (Å²) in [7, 11) is 0. The number of hydrogen-bond donors (Lipinski definition) is 3. The van der Waals surface area contributed by atoms with Gasteiger partial charge in [0.2, 0.25) is 11.8 Å². The molecule has 1 spiro atoms. The van der Waals surface area contributed by atoms with E-state index >= 15 is 0 Å². The number of alkyl halides is 3. The lowest BCUT2D eigenvalue weighted by atomic mass is 9.95. The predicted molar refractivity (Wildman–Crippen MR) is 111 cm³/mol. The van der Waals surface area contributed by atoms with E-state index in [4.69, 9.17) is 0 Å². The quantitative estimate of drug-likeness (QED) is 0.676. The maximum atomic E-state index is 12.9. The topological polar surface area (TPSA) is 90.5 Å². The molecule has 0 bridgehead atoms. The molecule has 1 fully saturated rings. The lowest BCUT2D eigenvalue weighted by Gasteiger charge is -2.39. The second-order valence-electron chi connectivity index (χ2n) is 7.90. The highest BCUT2D eigenvalue weighted by molar-refractivity contribution is 6.02. The fourth-order valence-corrected chi connectivity index (χ4v) is 3.98. The molecule has 4 rings (SSSR count). The average molecular weight is 446 g/mol. The zero-order chi connectivity index (χ0) is 22.9. The molecular weight excluding hydrogens is 425 g/mol. The molecule has 3 N–H and O–H groups in total. The van der Waals surface area contributed by atoms with Gasteiger partial charge < -0.3 is 20.9 Å². The van der Waals surface area contributed by atoms with Crippen molar-refractivity contribution >= 4 is 29.1 Å². The van der Waals surface area contributed by atoms with E-state index in [0.717, 1.165) is 12.1 Å². The number of anilines is 2. The Hall–Kier alpha value is -3.56. The van der Waals surface area contributed by atoms with Gasteiger partial charge in [-0.05, 0) is 36.8 Å². The smallest absolute Gasteiger partial charge is 0.362 e. The first kappa shape index (κ1) is 21.7. The van der Waals surface area contributed by atoms with E-state index in [1.54, 1.807) is 18.2 Å². The molecule has 1 saturated heterocycles. The van der Waals surface area contributed by atoms with Crippen LogP contribution >= 0.6 is 0 Å². The Labute approximate surface area is 182 Å². The minimum Gasteiger partial charge on any atom is -0.362 e. The predicted octanol–water partition coefficient (Wildman–Crippen LogP) is 3.21. The number of likely N-dealkylation sites (tertiary alicyclic amines) is 1. The van der Waals surface area contributed by atoms with E-state index in [9.17, 15) is 27.6 Å². The number of carbonyl (C=O) groups excluding carboxylic acids is 3. The van der Waals surface area contributed by atoms with Crippen LogP contribution in [0, 0.1) is 0 Å². The van der Waals surface area contributed by atoms with Crippen molar-refractivity contribution in [2.24, 2.45) is 0 Å². The molecule has 2 heterocycles. The number of amides is 3. The van der Waals surface area contributed by atoms with Crippen LogP contribution in [0.25, 0.3) is 0 Å². The number of hydrogen-bond acceptors (Lipinski definition) is 4. The number of para-hydroxylation sites is 1. The van der Waals surface area contributed by atoms with Crippen LogP contribution in [0.2, 0.25) is 0 Å². The van der Waals surface area contributed by atoms with Crippen molar-refractivity contribution in [3.63, 3.8) is 0 Å². The van der Waals surface area contributed by atoms with E-state index < -0.39 is 23.3 Å². The Morgan fingerprint density at radius 3 is 2.62 bits per heavy atom. The van der Waals surface area contributed by atoms with Gasteiger partial charge in [0.05, 0.1) is 17.7 Å². The fraction of sp³-hybridized carbons (Fsp3) is 0.318. The second kappa shape index (κ2) is 8.18. The molecule has 7 nitrogen and oxygen atoms in total. The SMILES string of the molecule is O=C(CN1CC[C@]2(CCC1=O)NC(=O)c1ccccc1N2)Nc1cccc(C(F)(F)F)c1. The molecule has 32 heavy (non-hydrogen) atoms. The van der Waals surface area contributed by atoms with Gasteiger partial charge in [0, 0.05) is 30.8 Å². The molecule has 3 amide bonds. The van der Waals surface area contributed by atoms with Gasteiger partial charge in [-0.15, -0.1) is 0 Å². The van der Waals surface area contributed by atoms with Crippen molar-refractivity contribution in [2.45, 2.75) is 31.1 Å². The summed E-state index contributed by atoms with van der Waals surface area (Å²) < 4.78 is 38.6. The van der Waals surface area contributed by atoms with Gasteiger partial charge in [-0.25, -0.2) is 0 Å². The Balaban J connectivity index is 1.41. The molecule has 2 aromatic carbocycles. The molecule has 2 aliphatic heterocycles. The third-order valence-electron chi connectivity index (χ3n) is 5.63. The third kappa shape index (κ3) is 4.53. The maximum Gasteiger partial charge on any atom is 0.416 e. The van der Waals surface area contributed by atoms with Crippen molar-refractivity contribution in [1.29, 1.82) is 0 Å². The Morgan fingerprint density at radius 1 is 1.06 bits per heavy atom. The standard InChI is InChI=1S/C22H21F3N4O3/c23-22(24,25)14-4-3-5-15(12-14)26-18(30)13-29-11-10-21(9-8-19(29)31)27-17-7-2-1-6-16(17)20(32)28-21/h1-7,12,27H,8-11,13H2,(H,26,30)(H,28,32)/t21-/m0/s1. The molecule has 0 aliphatic carbocycles. The first-order chi connectivity index (χ1) is 15.2. The highest BCUT2D eigenvalue weighted by Gasteiger charge is 2.40. The number of carbonyl (C=O) groups is 3. The maximum absolute atomic E-state index is 12.9. The first-order valence-electron chi connectivity index (χ1n) is 10.1. The van der Waals surface area contributed by atoms with Crippen LogP contribution in [0.4, 0.5) is 24.5 Å². The van der Waals surface area contributed by atoms with E-state index in [0.29, 0.717) is 24.1 Å². The van der Waals surface area contributed by atoms with Crippen LogP contribution in [0.5, 0.6) is 0 Å². The van der Waals surface area contributed by atoms with Crippen LogP contribution in [0.1, 0.15) is 35.2 Å². The summed E-state index contributed by atoms with van der Waals surface area (Å²) in [5.41, 5.74) is -0.484. The van der Waals surface area contributed by atoms with Gasteiger partial charge in [-0.1, -0.05) is 18.2 Å². The highest BCUT2D eigenvalue weighted by Crippen LogP contribution is 2.32. The van der Waals surface area contributed by atoms with Crippen LogP contribution in [0.15, 0.2) is 48.5 Å². The lowest BCUT2D eigenvalue weighted by molar-refractivity contribution is -0.137. The number of fused-ring (bicyclic) bond motifs is 1. The molecule has 168 valence electrons. The van der Waals surface area contributed by atoms with Gasteiger partial charge in [-0.3, -0.25) is 14.4 Å². The molecule has 2 aliphatic rings. The van der Waals surface area contributed by atoms with Crippen molar-refractivity contribution < 1.29 is 27.6 Å². The van der Waals surface area contributed by atoms with Crippen LogP contribution in [-0.4, -0.2) is 41.4 Å². The van der Waals surface area contributed by atoms with Crippen LogP contribution < -0.4 is 16.0 Å². The zero-order valence-corrected chi connectivity index (χ0v) is 17.0. The summed E-state index contributed by atoms with van der Waals surface area (Å²) in [4.78, 5) is 38.9. The normalized spacial score (nSPS) is 20.8. The van der Waals surface area contributed by atoms with E-state index in [2.05, 4.69) is 16.0 Å². The van der Waals surface area contributed by atoms with Crippen molar-refractivity contribution in [3.8, 4) is 0 Å². The molecule has 2 aromatic rings. The Bertz CT molecular complexity index is 1070. The van der Waals surface area contributed by atoms with E-state index in [1.165, 1.54) is 17.0 Å². The van der Waals surface area contributed by atoms with Crippen molar-refractivity contribution in [3.05, 3.63) is 59.7 Å². The molecule has 0 radical (unpaired) electrons. The second-order valence-corrected chi connectivity index (χ2v) is 7.90. The molecule has 10 heteroatoms. The summed E-state index contributed by atoms with van der Waals surface area (Å²) >= 11 is 0. The number of rotatable bonds is 3. The summed E-state index contributed by atoms with van der Waals surface area (Å²) in [5, 5.41) is 8.68. The summed E-state index contributed by atoms with van der Waals surface area (Å²) in [6.45, 7) is -0.0972. The van der Waals surface area contributed by atoms with Gasteiger partial charge >= 0.3 is 6.18 Å². The van der Waals surface area contributed by atoms with E-state index in [-0.39, 0.29) is 37.0 Å². The average Bonchev–Trinajstić information content (AvgIpc) is 2.88. The Kier molecular flexibility index (Phi) is 5.53. The first-order valence-corrected chi connectivity index (χ1v) is 10.1. The zero-order valence-electron chi connectivity index (χ0n) is 17.0. The molecular formula is C22H21F3N4O3. The number of halogens is 3. The van der Waals surface area contributed by atoms with Gasteiger partial charge in [0.1, 0.15) is 5.66 Å². The number of benzene rings is 2. The lowest BCUT2D eigenvalue weighted by Crippen LogP contribution is -2.58. The minimum atomic E-state index is -4.52. The molecule has 0 saturated carbocycles. The summed E-state index contributed by atoms with van der Waals surface area (Å²) in [6.07, 6.45) is -3.70. The Morgan fingerprint density at radius 2 is 1.84 bits per heavy atom. The van der Waals surface area contributed by atoms with Gasteiger partial charge in [0.25, 0.3) is 5.91 Å². The largest absolute Gasteiger partial charge is 0.416 e. The number of nitrogens with one attached hydrogen (secondary N) is 3. The summed E-state index contributed by atoms with van der Waals surface area (Å²) in [5.74, 6) is -1.10. The van der Waals surface area contributed by atoms with Crippen LogP contribution in [0.3, 0.4) is 0 Å². The number of nitrogens with zero attached hydrogens (tertiary/aromatic N) is 1. The fourth-order valence-electron chi connectivity index (χ4n) is 3.98. The van der Waals surface area contributed by atoms with E-state index in [1.807, 2.05) is 6.07 Å². The van der Waals surface area contributed by atoms with Crippen molar-refractivity contribution in [2.75, 3.05) is 23.7 Å². The molecule has 0 unspecified atom stereocenters. The van der Waals surface area contributed by atoms with Crippen LogP contribution in [-0.2, 0) is 15.8 Å². The monoisotopic (exact) mass is 446 g/mol. The van der Waals surface area contributed by atoms with Crippen molar-refractivity contribution in [1.82, 2.24) is 10.2 Å². The minimum absolute atomic E-state index is 0.00128. The molecule has 0 aromatic heterocycles.